The van der Waals surface area contributed by atoms with E-state index >= 15 is 0 Å². The van der Waals surface area contributed by atoms with Crippen molar-refractivity contribution in [3.63, 3.8) is 0 Å². The van der Waals surface area contributed by atoms with E-state index in [1.165, 1.54) is 16.7 Å². The van der Waals surface area contributed by atoms with E-state index < -0.39 is 0 Å². The summed E-state index contributed by atoms with van der Waals surface area (Å²) in [4.78, 5) is 0. The highest BCUT2D eigenvalue weighted by Gasteiger charge is 2.30. The van der Waals surface area contributed by atoms with Crippen LogP contribution in [0.2, 0.25) is 0 Å². The molecule has 0 saturated carbocycles. The molecule has 4 rings (SSSR count). The monoisotopic (exact) mass is 354 g/mol. The number of para-hydroxylation sites is 1. The summed E-state index contributed by atoms with van der Waals surface area (Å²) in [6.07, 6.45) is 0.910. The first-order valence-electron chi connectivity index (χ1n) is 9.60. The summed E-state index contributed by atoms with van der Waals surface area (Å²) in [6, 6.07) is 30.3. The maximum absolute atomic E-state index is 5.01. The number of benzene rings is 3. The molecule has 0 bridgehead atoms. The van der Waals surface area contributed by atoms with Gasteiger partial charge in [-0.25, -0.2) is 0 Å². The minimum absolute atomic E-state index is 0.166. The molecule has 0 saturated heterocycles. The fourth-order valence-corrected chi connectivity index (χ4v) is 3.60. The van der Waals surface area contributed by atoms with Crippen LogP contribution in [0, 0.1) is 0 Å². The first kappa shape index (κ1) is 17.5. The molecule has 27 heavy (non-hydrogen) atoms. The second-order valence-corrected chi connectivity index (χ2v) is 8.18. The van der Waals surface area contributed by atoms with Crippen LogP contribution < -0.4 is 5.01 Å². The van der Waals surface area contributed by atoms with E-state index in [1.54, 1.807) is 0 Å². The van der Waals surface area contributed by atoms with Crippen LogP contribution in [0.5, 0.6) is 0 Å². The number of hydrogen-bond acceptors (Lipinski definition) is 2. The summed E-state index contributed by atoms with van der Waals surface area (Å²) in [5.41, 5.74) is 6.31. The van der Waals surface area contributed by atoms with Gasteiger partial charge in [0.2, 0.25) is 0 Å². The second kappa shape index (κ2) is 7.03. The lowest BCUT2D eigenvalue weighted by Crippen LogP contribution is -2.19. The third kappa shape index (κ3) is 3.66. The number of anilines is 1. The topological polar surface area (TPSA) is 15.6 Å². The van der Waals surface area contributed by atoms with Gasteiger partial charge in [-0.3, -0.25) is 5.01 Å². The highest BCUT2D eigenvalue weighted by molar-refractivity contribution is 6.03. The van der Waals surface area contributed by atoms with Crippen molar-refractivity contribution in [1.82, 2.24) is 0 Å². The summed E-state index contributed by atoms with van der Waals surface area (Å²) in [5.74, 6) is 0. The van der Waals surface area contributed by atoms with Gasteiger partial charge < -0.3 is 0 Å². The average Bonchev–Trinajstić information content (AvgIpc) is 3.14. The maximum atomic E-state index is 5.01. The van der Waals surface area contributed by atoms with E-state index in [0.717, 1.165) is 17.8 Å². The molecule has 1 aliphatic heterocycles. The molecule has 1 atom stereocenters. The fourth-order valence-electron chi connectivity index (χ4n) is 3.60. The molecular weight excluding hydrogens is 328 g/mol. The van der Waals surface area contributed by atoms with Gasteiger partial charge >= 0.3 is 0 Å². The van der Waals surface area contributed by atoms with Gasteiger partial charge in [-0.15, -0.1) is 0 Å². The van der Waals surface area contributed by atoms with E-state index in [2.05, 4.69) is 111 Å². The summed E-state index contributed by atoms with van der Waals surface area (Å²) in [7, 11) is 0. The van der Waals surface area contributed by atoms with E-state index in [0.29, 0.717) is 0 Å². The van der Waals surface area contributed by atoms with Crippen molar-refractivity contribution in [2.75, 3.05) is 5.01 Å². The second-order valence-electron chi connectivity index (χ2n) is 8.18. The van der Waals surface area contributed by atoms with Crippen LogP contribution in [0.3, 0.4) is 0 Å². The molecule has 3 aromatic carbocycles. The Morgan fingerprint density at radius 3 is 1.96 bits per heavy atom. The van der Waals surface area contributed by atoms with Crippen LogP contribution in [-0.4, -0.2) is 5.71 Å². The fraction of sp³-hybridized carbons (Fsp3) is 0.240. The van der Waals surface area contributed by atoms with Crippen molar-refractivity contribution in [2.24, 2.45) is 5.10 Å². The van der Waals surface area contributed by atoms with Gasteiger partial charge in [0.05, 0.1) is 17.4 Å². The first-order chi connectivity index (χ1) is 13.0. The Morgan fingerprint density at radius 1 is 0.778 bits per heavy atom. The molecule has 0 fully saturated rings. The molecule has 1 aliphatic rings. The zero-order chi connectivity index (χ0) is 18.9. The lowest BCUT2D eigenvalue weighted by atomic mass is 9.86. The number of rotatable bonds is 3. The van der Waals surface area contributed by atoms with Crippen molar-refractivity contribution >= 4 is 11.4 Å². The van der Waals surface area contributed by atoms with Crippen molar-refractivity contribution in [3.8, 4) is 0 Å². The molecule has 1 heterocycles. The van der Waals surface area contributed by atoms with E-state index in [1.807, 2.05) is 0 Å². The Hall–Kier alpha value is -2.87. The summed E-state index contributed by atoms with van der Waals surface area (Å²) in [5, 5.41) is 7.18. The van der Waals surface area contributed by atoms with Gasteiger partial charge in [0.25, 0.3) is 0 Å². The molecule has 2 heteroatoms. The summed E-state index contributed by atoms with van der Waals surface area (Å²) in [6.45, 7) is 6.76. The first-order valence-corrected chi connectivity index (χ1v) is 9.60. The highest BCUT2D eigenvalue weighted by Crippen LogP contribution is 2.37. The van der Waals surface area contributed by atoms with Gasteiger partial charge in [0.1, 0.15) is 0 Å². The minimum Gasteiger partial charge on any atom is -0.257 e. The van der Waals surface area contributed by atoms with Crippen molar-refractivity contribution in [1.29, 1.82) is 0 Å². The highest BCUT2D eigenvalue weighted by atomic mass is 15.5. The summed E-state index contributed by atoms with van der Waals surface area (Å²) < 4.78 is 0. The lowest BCUT2D eigenvalue weighted by Gasteiger charge is -2.25. The van der Waals surface area contributed by atoms with E-state index in [-0.39, 0.29) is 11.5 Å². The van der Waals surface area contributed by atoms with Crippen molar-refractivity contribution in [2.45, 2.75) is 38.6 Å². The molecule has 0 radical (unpaired) electrons. The predicted molar refractivity (Wildman–Crippen MR) is 114 cm³/mol. The number of nitrogens with zero attached hydrogens (tertiary/aromatic N) is 2. The van der Waals surface area contributed by atoms with Crippen LogP contribution >= 0.6 is 0 Å². The molecule has 3 aromatic rings. The SMILES string of the molecule is CC(C)(C)c1ccc(C2CC(c3ccccc3)=NN2c2ccccc2)cc1. The normalized spacial score (nSPS) is 17.1. The van der Waals surface area contributed by atoms with E-state index in [4.69, 9.17) is 5.10 Å². The molecule has 136 valence electrons. The Kier molecular flexibility index (Phi) is 4.57. The van der Waals surface area contributed by atoms with Crippen LogP contribution in [0.15, 0.2) is 90.0 Å². The molecular formula is C25H26N2. The molecule has 2 nitrogen and oxygen atoms in total. The van der Waals surface area contributed by atoms with Gasteiger partial charge in [-0.2, -0.15) is 5.10 Å². The molecule has 0 spiro atoms. The molecule has 0 amide bonds. The minimum atomic E-state index is 0.166. The Bertz CT molecular complexity index is 920. The van der Waals surface area contributed by atoms with Gasteiger partial charge in [-0.1, -0.05) is 93.6 Å². The molecule has 1 unspecified atom stereocenters. The van der Waals surface area contributed by atoms with Crippen LogP contribution in [-0.2, 0) is 5.41 Å². The van der Waals surface area contributed by atoms with Crippen molar-refractivity contribution < 1.29 is 0 Å². The number of hydrogen-bond donors (Lipinski definition) is 0. The van der Waals surface area contributed by atoms with Gasteiger partial charge in [-0.05, 0) is 34.2 Å². The Balaban J connectivity index is 1.71. The van der Waals surface area contributed by atoms with Gasteiger partial charge in [0, 0.05) is 6.42 Å². The van der Waals surface area contributed by atoms with E-state index in [9.17, 15) is 0 Å². The van der Waals surface area contributed by atoms with Crippen LogP contribution in [0.1, 0.15) is 49.9 Å². The van der Waals surface area contributed by atoms with Crippen LogP contribution in [0.4, 0.5) is 5.69 Å². The molecule has 0 aromatic heterocycles. The van der Waals surface area contributed by atoms with Crippen molar-refractivity contribution in [3.05, 3.63) is 102 Å². The predicted octanol–water partition coefficient (Wildman–Crippen LogP) is 6.34. The zero-order valence-electron chi connectivity index (χ0n) is 16.3. The standard InChI is InChI=1S/C25H26N2/c1-25(2,3)21-16-14-20(15-17-21)24-18-23(19-10-6-4-7-11-19)26-27(24)22-12-8-5-9-13-22/h4-17,24H,18H2,1-3H3. The lowest BCUT2D eigenvalue weighted by molar-refractivity contribution is 0.589. The zero-order valence-corrected chi connectivity index (χ0v) is 16.3. The Morgan fingerprint density at radius 2 is 1.37 bits per heavy atom. The summed E-state index contributed by atoms with van der Waals surface area (Å²) >= 11 is 0. The molecule has 0 aliphatic carbocycles. The third-order valence-electron chi connectivity index (χ3n) is 5.20. The smallest absolute Gasteiger partial charge is 0.0831 e. The molecule has 0 N–H and O–H groups in total. The quantitative estimate of drug-likeness (QED) is 0.536. The third-order valence-corrected chi connectivity index (χ3v) is 5.20. The van der Waals surface area contributed by atoms with Gasteiger partial charge in [0.15, 0.2) is 0 Å². The largest absolute Gasteiger partial charge is 0.257 e. The number of hydrazone groups is 1. The van der Waals surface area contributed by atoms with Crippen LogP contribution in [0.25, 0.3) is 0 Å². The Labute approximate surface area is 162 Å². The average molecular weight is 354 g/mol. The maximum Gasteiger partial charge on any atom is 0.0831 e.